The highest BCUT2D eigenvalue weighted by atomic mass is 16.5. The van der Waals surface area contributed by atoms with Gasteiger partial charge in [0, 0.05) is 25.2 Å². The minimum atomic E-state index is 0.0687. The molecule has 4 nitrogen and oxygen atoms in total. The van der Waals surface area contributed by atoms with Gasteiger partial charge in [0.1, 0.15) is 0 Å². The van der Waals surface area contributed by atoms with E-state index in [1.807, 2.05) is 20.9 Å². The van der Waals surface area contributed by atoms with Crippen molar-refractivity contribution in [2.75, 3.05) is 20.2 Å². The predicted octanol–water partition coefficient (Wildman–Crippen LogP) is 2.88. The Morgan fingerprint density at radius 1 is 1.47 bits per heavy atom. The van der Waals surface area contributed by atoms with Gasteiger partial charge in [-0.05, 0) is 13.8 Å². The minimum absolute atomic E-state index is 0.0687. The molecule has 0 saturated heterocycles. The van der Waals surface area contributed by atoms with E-state index in [0.29, 0.717) is 0 Å². The summed E-state index contributed by atoms with van der Waals surface area (Å²) in [5.74, 6) is 0. The molecule has 0 N–H and O–H groups in total. The number of ether oxygens (including phenoxy) is 1. The largest absolute Gasteiger partial charge is 0.378 e. The fraction of sp³-hybridized carbons (Fsp3) is 0.818. The van der Waals surface area contributed by atoms with Crippen LogP contribution in [0.4, 0.5) is 0 Å². The summed E-state index contributed by atoms with van der Waals surface area (Å²) in [4.78, 5) is 0. The molecule has 0 bridgehead atoms. The molecule has 0 rings (SSSR count). The van der Waals surface area contributed by atoms with E-state index in [2.05, 4.69) is 30.8 Å². The average Bonchev–Trinajstić information content (AvgIpc) is 2.11. The zero-order chi connectivity index (χ0) is 11.9. The van der Waals surface area contributed by atoms with Crippen LogP contribution in [0, 0.1) is 5.41 Å². The highest BCUT2D eigenvalue weighted by molar-refractivity contribution is 4.71. The molecule has 0 atom stereocenters. The van der Waals surface area contributed by atoms with Crippen LogP contribution in [0.5, 0.6) is 0 Å². The second-order valence-corrected chi connectivity index (χ2v) is 4.73. The Morgan fingerprint density at radius 3 is 2.53 bits per heavy atom. The summed E-state index contributed by atoms with van der Waals surface area (Å²) in [6.45, 7) is 13.4. The quantitative estimate of drug-likeness (QED) is 0.481. The topological polar surface area (TPSA) is 37.2 Å². The molecule has 0 fully saturated rings. The lowest BCUT2D eigenvalue weighted by molar-refractivity contribution is 0.00875. The van der Waals surface area contributed by atoms with E-state index in [1.54, 1.807) is 5.01 Å². The van der Waals surface area contributed by atoms with Crippen molar-refractivity contribution in [1.29, 1.82) is 0 Å². The fourth-order valence-electron chi connectivity index (χ4n) is 1.21. The van der Waals surface area contributed by atoms with Crippen molar-refractivity contribution in [3.63, 3.8) is 0 Å². The second kappa shape index (κ2) is 6.56. The van der Waals surface area contributed by atoms with Gasteiger partial charge in [-0.2, -0.15) is 0 Å². The molecule has 0 aliphatic rings. The molecule has 0 aromatic heterocycles. The normalized spacial score (nSPS) is 12.4. The number of rotatable bonds is 7. The minimum Gasteiger partial charge on any atom is -0.378 e. The van der Waals surface area contributed by atoms with Gasteiger partial charge < -0.3 is 4.74 Å². The van der Waals surface area contributed by atoms with Crippen molar-refractivity contribution in [2.24, 2.45) is 15.8 Å². The lowest BCUT2D eigenvalue weighted by Gasteiger charge is -2.28. The van der Waals surface area contributed by atoms with Gasteiger partial charge in [-0.3, -0.25) is 5.01 Å². The molecule has 0 heterocycles. The molecule has 0 unspecified atom stereocenters. The van der Waals surface area contributed by atoms with Crippen molar-refractivity contribution in [3.8, 4) is 0 Å². The highest BCUT2D eigenvalue weighted by Gasteiger charge is 2.20. The van der Waals surface area contributed by atoms with E-state index in [0.717, 1.165) is 13.2 Å². The van der Waals surface area contributed by atoms with E-state index < -0.39 is 0 Å². The van der Waals surface area contributed by atoms with Crippen LogP contribution in [-0.4, -0.2) is 31.3 Å². The van der Waals surface area contributed by atoms with Gasteiger partial charge >= 0.3 is 0 Å². The third kappa shape index (κ3) is 8.12. The molecule has 88 valence electrons. The third-order valence-corrected chi connectivity index (χ3v) is 1.75. The highest BCUT2D eigenvalue weighted by Crippen LogP contribution is 2.17. The van der Waals surface area contributed by atoms with Crippen LogP contribution in [-0.2, 0) is 4.74 Å². The van der Waals surface area contributed by atoms with Gasteiger partial charge in [0.05, 0.1) is 12.7 Å². The van der Waals surface area contributed by atoms with Crippen molar-refractivity contribution < 1.29 is 4.74 Å². The summed E-state index contributed by atoms with van der Waals surface area (Å²) in [5.41, 5.74) is 0.0687. The van der Waals surface area contributed by atoms with Crippen LogP contribution in [0.3, 0.4) is 0 Å². The molecule has 0 saturated carbocycles. The Morgan fingerprint density at radius 2 is 2.07 bits per heavy atom. The zero-order valence-corrected chi connectivity index (χ0v) is 10.5. The van der Waals surface area contributed by atoms with E-state index in [9.17, 15) is 0 Å². The van der Waals surface area contributed by atoms with Crippen LogP contribution < -0.4 is 0 Å². The molecule has 0 aliphatic heterocycles. The Kier molecular flexibility index (Phi) is 6.17. The first-order valence-electron chi connectivity index (χ1n) is 5.22. The van der Waals surface area contributed by atoms with Crippen molar-refractivity contribution in [1.82, 2.24) is 5.01 Å². The standard InChI is InChI=1S/C11H23N3O/c1-7-12-13-14(6)8-11(4,5)9-15-10(2)3/h7,10H,1,8-9H2,2-6H3. The molecule has 0 spiro atoms. The summed E-state index contributed by atoms with van der Waals surface area (Å²) in [6.07, 6.45) is 1.69. The maximum absolute atomic E-state index is 5.59. The molecule has 0 amide bonds. The van der Waals surface area contributed by atoms with Crippen molar-refractivity contribution in [2.45, 2.75) is 33.8 Å². The predicted molar refractivity (Wildman–Crippen MR) is 62.6 cm³/mol. The van der Waals surface area contributed by atoms with Gasteiger partial charge in [0.2, 0.25) is 0 Å². The molecular weight excluding hydrogens is 190 g/mol. The first-order valence-corrected chi connectivity index (χ1v) is 5.22. The summed E-state index contributed by atoms with van der Waals surface area (Å²) >= 11 is 0. The van der Waals surface area contributed by atoms with E-state index in [-0.39, 0.29) is 11.5 Å². The summed E-state index contributed by atoms with van der Waals surface area (Å²) in [6, 6.07) is 0. The van der Waals surface area contributed by atoms with Crippen LogP contribution in [0.1, 0.15) is 27.7 Å². The second-order valence-electron chi connectivity index (χ2n) is 4.73. The Balaban J connectivity index is 4.00. The van der Waals surface area contributed by atoms with Crippen LogP contribution in [0.2, 0.25) is 0 Å². The Bertz CT molecular complexity index is 212. The number of hydrogen-bond donors (Lipinski definition) is 0. The average molecular weight is 213 g/mol. The van der Waals surface area contributed by atoms with Crippen molar-refractivity contribution >= 4 is 0 Å². The van der Waals surface area contributed by atoms with Gasteiger partial charge in [-0.25, -0.2) is 0 Å². The lowest BCUT2D eigenvalue weighted by atomic mass is 9.95. The molecule has 0 aromatic rings. The summed E-state index contributed by atoms with van der Waals surface area (Å²) in [7, 11) is 1.89. The maximum atomic E-state index is 5.59. The van der Waals surface area contributed by atoms with Gasteiger partial charge in [-0.1, -0.05) is 25.6 Å². The first-order chi connectivity index (χ1) is 6.87. The molecular formula is C11H23N3O. The third-order valence-electron chi connectivity index (χ3n) is 1.75. The van der Waals surface area contributed by atoms with Gasteiger partial charge in [-0.15, -0.1) is 5.11 Å². The van der Waals surface area contributed by atoms with Gasteiger partial charge in [0.15, 0.2) is 0 Å². The van der Waals surface area contributed by atoms with E-state index in [4.69, 9.17) is 4.74 Å². The smallest absolute Gasteiger partial charge is 0.0538 e. The lowest BCUT2D eigenvalue weighted by Crippen LogP contribution is -2.32. The van der Waals surface area contributed by atoms with Crippen LogP contribution >= 0.6 is 0 Å². The van der Waals surface area contributed by atoms with Crippen LogP contribution in [0.15, 0.2) is 23.1 Å². The Hall–Kier alpha value is -0.900. The SMILES string of the molecule is C=CN=NN(C)CC(C)(C)COC(C)C. The van der Waals surface area contributed by atoms with E-state index >= 15 is 0 Å². The molecule has 0 radical (unpaired) electrons. The monoisotopic (exact) mass is 213 g/mol. The maximum Gasteiger partial charge on any atom is 0.0538 e. The summed E-state index contributed by atoms with van der Waals surface area (Å²) in [5, 5.41) is 9.46. The van der Waals surface area contributed by atoms with E-state index in [1.165, 1.54) is 6.20 Å². The van der Waals surface area contributed by atoms with Gasteiger partial charge in [0.25, 0.3) is 0 Å². The summed E-state index contributed by atoms with van der Waals surface area (Å²) < 4.78 is 5.59. The first kappa shape index (κ1) is 14.1. The molecule has 0 aliphatic carbocycles. The van der Waals surface area contributed by atoms with Crippen LogP contribution in [0.25, 0.3) is 0 Å². The number of nitrogens with zero attached hydrogens (tertiary/aromatic N) is 3. The zero-order valence-electron chi connectivity index (χ0n) is 10.5. The number of hydrogen-bond acceptors (Lipinski definition) is 3. The Labute approximate surface area is 93.0 Å². The molecule has 0 aromatic carbocycles. The van der Waals surface area contributed by atoms with Crippen molar-refractivity contribution in [3.05, 3.63) is 12.8 Å². The fourth-order valence-corrected chi connectivity index (χ4v) is 1.21. The molecule has 15 heavy (non-hydrogen) atoms. The molecule has 4 heteroatoms.